The van der Waals surface area contributed by atoms with Gasteiger partial charge >= 0.3 is 0 Å². The van der Waals surface area contributed by atoms with Crippen molar-refractivity contribution in [1.82, 2.24) is 0 Å². The van der Waals surface area contributed by atoms with Gasteiger partial charge in [-0.3, -0.25) is 4.79 Å². The van der Waals surface area contributed by atoms with Crippen molar-refractivity contribution in [3.8, 4) is 0 Å². The number of hydrogen-bond acceptors (Lipinski definition) is 1. The van der Waals surface area contributed by atoms with Gasteiger partial charge in [-0.1, -0.05) is 71.4 Å². The first kappa shape index (κ1) is 20.9. The number of hydrogen-bond donors (Lipinski definition) is 0. The first-order valence-electron chi connectivity index (χ1n) is 12.0. The van der Waals surface area contributed by atoms with Crippen molar-refractivity contribution >= 4 is 5.78 Å². The van der Waals surface area contributed by atoms with Crippen LogP contribution in [0.15, 0.2) is 47.1 Å². The third kappa shape index (κ3) is 3.33. The molecule has 4 rings (SSSR count). The molecule has 4 aliphatic rings. The number of allylic oxidation sites excluding steroid dienone is 8. The van der Waals surface area contributed by atoms with E-state index in [1.54, 1.807) is 11.1 Å². The molecular weight excluding hydrogens is 352 g/mol. The van der Waals surface area contributed by atoms with Gasteiger partial charge in [-0.2, -0.15) is 0 Å². The van der Waals surface area contributed by atoms with Crippen molar-refractivity contribution in [2.24, 2.45) is 40.4 Å². The lowest BCUT2D eigenvalue weighted by Crippen LogP contribution is -2.41. The molecule has 0 spiro atoms. The van der Waals surface area contributed by atoms with Crippen LogP contribution in [0.5, 0.6) is 0 Å². The van der Waals surface area contributed by atoms with Gasteiger partial charge in [0.25, 0.3) is 0 Å². The van der Waals surface area contributed by atoms with E-state index < -0.39 is 0 Å². The Morgan fingerprint density at radius 1 is 0.966 bits per heavy atom. The highest BCUT2D eigenvalue weighted by Gasteiger charge is 2.53. The molecule has 158 valence electrons. The number of carbonyl (C=O) groups is 1. The van der Waals surface area contributed by atoms with Crippen LogP contribution < -0.4 is 0 Å². The van der Waals surface area contributed by atoms with Crippen LogP contribution in [-0.2, 0) is 4.79 Å². The van der Waals surface area contributed by atoms with Gasteiger partial charge in [0.15, 0.2) is 5.78 Å². The monoisotopic (exact) mass is 392 g/mol. The normalized spacial score (nSPS) is 38.7. The van der Waals surface area contributed by atoms with Crippen LogP contribution in [0.4, 0.5) is 0 Å². The molecule has 0 bridgehead atoms. The van der Waals surface area contributed by atoms with Gasteiger partial charge in [0.2, 0.25) is 0 Å². The average Bonchev–Trinajstić information content (AvgIpc) is 3.03. The molecule has 0 heterocycles. The summed E-state index contributed by atoms with van der Waals surface area (Å²) >= 11 is 0. The number of rotatable bonds is 4. The second-order valence-corrected chi connectivity index (χ2v) is 11.3. The van der Waals surface area contributed by atoms with Crippen molar-refractivity contribution in [3.63, 3.8) is 0 Å². The fraction of sp³-hybridized carbons (Fsp3) is 0.679. The summed E-state index contributed by atoms with van der Waals surface area (Å²) in [5, 5.41) is 0. The molecule has 0 amide bonds. The highest BCUT2D eigenvalue weighted by molar-refractivity contribution is 5.92. The lowest BCUT2D eigenvalue weighted by Gasteiger charge is -2.51. The Morgan fingerprint density at radius 2 is 1.72 bits per heavy atom. The van der Waals surface area contributed by atoms with Crippen LogP contribution in [0.1, 0.15) is 80.1 Å². The van der Waals surface area contributed by atoms with Gasteiger partial charge in [-0.15, -0.1) is 0 Å². The maximum Gasteiger partial charge on any atom is 0.156 e. The Hall–Kier alpha value is -1.37. The SMILES string of the molecule is CC(C)[C@@H](C)C=C[C@H](C)[C@@H]1CCC2=C3C=CC4=CC(=O)CC[C@]4(C)[C@H]3CC[C@]21C. The van der Waals surface area contributed by atoms with Crippen LogP contribution in [0.3, 0.4) is 0 Å². The van der Waals surface area contributed by atoms with E-state index in [-0.39, 0.29) is 5.41 Å². The van der Waals surface area contributed by atoms with Gasteiger partial charge in [-0.25, -0.2) is 0 Å². The molecule has 4 aliphatic carbocycles. The molecule has 0 unspecified atom stereocenters. The summed E-state index contributed by atoms with van der Waals surface area (Å²) in [5.41, 5.74) is 5.21. The molecule has 0 saturated heterocycles. The van der Waals surface area contributed by atoms with Crippen molar-refractivity contribution in [3.05, 3.63) is 47.1 Å². The van der Waals surface area contributed by atoms with Gasteiger partial charge in [0, 0.05) is 6.42 Å². The Balaban J connectivity index is 1.65. The minimum absolute atomic E-state index is 0.169. The van der Waals surface area contributed by atoms with E-state index in [4.69, 9.17) is 0 Å². The summed E-state index contributed by atoms with van der Waals surface area (Å²) < 4.78 is 0. The van der Waals surface area contributed by atoms with Gasteiger partial charge < -0.3 is 0 Å². The number of carbonyl (C=O) groups excluding carboxylic acids is 1. The zero-order valence-corrected chi connectivity index (χ0v) is 19.4. The van der Waals surface area contributed by atoms with Crippen LogP contribution in [-0.4, -0.2) is 5.78 Å². The van der Waals surface area contributed by atoms with Crippen LogP contribution in [0, 0.1) is 40.4 Å². The minimum Gasteiger partial charge on any atom is -0.295 e. The predicted molar refractivity (Wildman–Crippen MR) is 122 cm³/mol. The number of fused-ring (bicyclic) bond motifs is 4. The molecule has 6 atom stereocenters. The topological polar surface area (TPSA) is 17.1 Å². The Kier molecular flexibility index (Phi) is 5.33. The average molecular weight is 393 g/mol. The molecular formula is C28H40O. The molecule has 0 radical (unpaired) electrons. The van der Waals surface area contributed by atoms with Gasteiger partial charge in [0.05, 0.1) is 0 Å². The highest BCUT2D eigenvalue weighted by Crippen LogP contribution is 2.63. The van der Waals surface area contributed by atoms with Crippen LogP contribution >= 0.6 is 0 Å². The first-order chi connectivity index (χ1) is 13.7. The molecule has 1 heteroatoms. The van der Waals surface area contributed by atoms with Crippen molar-refractivity contribution in [2.45, 2.75) is 80.1 Å². The van der Waals surface area contributed by atoms with Crippen LogP contribution in [0.25, 0.3) is 0 Å². The summed E-state index contributed by atoms with van der Waals surface area (Å²) in [5.74, 6) is 3.69. The minimum atomic E-state index is 0.169. The maximum absolute atomic E-state index is 12.0. The second-order valence-electron chi connectivity index (χ2n) is 11.3. The van der Waals surface area contributed by atoms with E-state index >= 15 is 0 Å². The smallest absolute Gasteiger partial charge is 0.156 e. The van der Waals surface area contributed by atoms with E-state index in [0.717, 1.165) is 18.8 Å². The lowest BCUT2D eigenvalue weighted by molar-refractivity contribution is -0.116. The summed E-state index contributed by atoms with van der Waals surface area (Å²) in [6, 6.07) is 0. The van der Waals surface area contributed by atoms with E-state index in [2.05, 4.69) is 65.8 Å². The maximum atomic E-state index is 12.0. The highest BCUT2D eigenvalue weighted by atomic mass is 16.1. The predicted octanol–water partition coefficient (Wildman–Crippen LogP) is 7.46. The lowest BCUT2D eigenvalue weighted by atomic mass is 9.53. The summed E-state index contributed by atoms with van der Waals surface area (Å²) in [6.45, 7) is 14.4. The van der Waals surface area contributed by atoms with Crippen LogP contribution in [0.2, 0.25) is 0 Å². The van der Waals surface area contributed by atoms with Crippen molar-refractivity contribution in [1.29, 1.82) is 0 Å². The van der Waals surface area contributed by atoms with E-state index in [9.17, 15) is 4.79 Å². The molecule has 0 aromatic heterocycles. The molecule has 0 N–H and O–H groups in total. The van der Waals surface area contributed by atoms with E-state index in [0.29, 0.717) is 34.9 Å². The standard InChI is InChI=1S/C28H40O/c1-18(2)19(3)7-8-20(4)24-11-12-25-23-10-9-21-17-22(29)13-15-27(21,5)26(23)14-16-28(24,25)6/h7-10,17-20,24,26H,11-16H2,1-6H3/t19-,20-,24-,26-,27-,28-/m0/s1. The zero-order chi connectivity index (χ0) is 21.0. The van der Waals surface area contributed by atoms with Crippen molar-refractivity contribution < 1.29 is 4.79 Å². The summed E-state index contributed by atoms with van der Waals surface area (Å²) in [6.07, 6.45) is 18.5. The molecule has 0 aromatic carbocycles. The quantitative estimate of drug-likeness (QED) is 0.454. The van der Waals surface area contributed by atoms with E-state index in [1.165, 1.54) is 31.3 Å². The molecule has 1 saturated carbocycles. The van der Waals surface area contributed by atoms with Gasteiger partial charge in [0.1, 0.15) is 0 Å². The Labute approximate surface area is 178 Å². The molecule has 1 fully saturated rings. The summed E-state index contributed by atoms with van der Waals surface area (Å²) in [7, 11) is 0. The fourth-order valence-corrected chi connectivity index (χ4v) is 6.91. The molecule has 0 aliphatic heterocycles. The van der Waals surface area contributed by atoms with Gasteiger partial charge in [-0.05, 0) is 89.7 Å². The third-order valence-corrected chi connectivity index (χ3v) is 9.37. The van der Waals surface area contributed by atoms with E-state index in [1.807, 2.05) is 6.08 Å². The summed E-state index contributed by atoms with van der Waals surface area (Å²) in [4.78, 5) is 12.0. The number of ketones is 1. The first-order valence-corrected chi connectivity index (χ1v) is 12.0. The largest absolute Gasteiger partial charge is 0.295 e. The van der Waals surface area contributed by atoms with Crippen molar-refractivity contribution in [2.75, 3.05) is 0 Å². The molecule has 0 aromatic rings. The Morgan fingerprint density at radius 3 is 2.45 bits per heavy atom. The fourth-order valence-electron chi connectivity index (χ4n) is 6.91. The molecule has 29 heavy (non-hydrogen) atoms. The zero-order valence-electron chi connectivity index (χ0n) is 19.4. The second kappa shape index (κ2) is 7.40. The Bertz CT molecular complexity index is 806. The third-order valence-electron chi connectivity index (χ3n) is 9.37. The molecule has 1 nitrogen and oxygen atoms in total.